The lowest BCUT2D eigenvalue weighted by Crippen LogP contribution is -2.55. The minimum atomic E-state index is -0.536. The summed E-state index contributed by atoms with van der Waals surface area (Å²) in [5.41, 5.74) is 0.792. The Morgan fingerprint density at radius 2 is 1.82 bits per heavy atom. The molecule has 8 heteroatoms. The Morgan fingerprint density at radius 1 is 1.12 bits per heavy atom. The average Bonchev–Trinajstić information content (AvgIpc) is 2.73. The molecule has 0 aliphatic carbocycles. The van der Waals surface area contributed by atoms with Crippen molar-refractivity contribution in [3.05, 3.63) is 54.0 Å². The van der Waals surface area contributed by atoms with E-state index in [0.717, 1.165) is 25.9 Å². The van der Waals surface area contributed by atoms with Gasteiger partial charge < -0.3 is 20.3 Å². The number of carbonyl (C=O) groups is 2. The van der Waals surface area contributed by atoms with Crippen molar-refractivity contribution >= 4 is 12.0 Å². The van der Waals surface area contributed by atoms with Gasteiger partial charge in [0.25, 0.3) is 5.91 Å². The van der Waals surface area contributed by atoms with Gasteiger partial charge in [-0.05, 0) is 71.7 Å². The first-order valence-corrected chi connectivity index (χ1v) is 11.7. The van der Waals surface area contributed by atoms with E-state index in [1.807, 2.05) is 34.6 Å². The third kappa shape index (κ3) is 7.80. The fourth-order valence-electron chi connectivity index (χ4n) is 4.03. The van der Waals surface area contributed by atoms with E-state index in [4.69, 9.17) is 4.74 Å². The molecule has 3 rings (SSSR count). The predicted molar refractivity (Wildman–Crippen MR) is 130 cm³/mol. The summed E-state index contributed by atoms with van der Waals surface area (Å²) >= 11 is 0. The molecule has 184 valence electrons. The van der Waals surface area contributed by atoms with Gasteiger partial charge in [0.05, 0.1) is 16.8 Å². The molecule has 0 radical (unpaired) electrons. The zero-order chi connectivity index (χ0) is 24.9. The monoisotopic (exact) mass is 470 g/mol. The second kappa shape index (κ2) is 10.5. The van der Waals surface area contributed by atoms with Crippen LogP contribution in [0.3, 0.4) is 0 Å². The van der Waals surface area contributed by atoms with E-state index in [2.05, 4.69) is 20.5 Å². The van der Waals surface area contributed by atoms with Gasteiger partial charge in [-0.2, -0.15) is 0 Å². The van der Waals surface area contributed by atoms with Crippen molar-refractivity contribution in [2.45, 2.75) is 64.6 Å². The van der Waals surface area contributed by atoms with Gasteiger partial charge in [-0.3, -0.25) is 9.78 Å². The number of pyridine rings is 1. The van der Waals surface area contributed by atoms with Crippen LogP contribution in [0.4, 0.5) is 9.18 Å². The van der Waals surface area contributed by atoms with Crippen LogP contribution in [0, 0.1) is 5.82 Å². The molecule has 1 aliphatic heterocycles. The summed E-state index contributed by atoms with van der Waals surface area (Å²) in [5, 5.41) is 6.03. The Morgan fingerprint density at radius 3 is 2.41 bits per heavy atom. The number of rotatable bonds is 6. The molecule has 7 nitrogen and oxygen atoms in total. The zero-order valence-corrected chi connectivity index (χ0v) is 20.7. The van der Waals surface area contributed by atoms with E-state index in [9.17, 15) is 14.0 Å². The summed E-state index contributed by atoms with van der Waals surface area (Å²) in [7, 11) is 0. The Bertz CT molecular complexity index is 994. The molecule has 1 aromatic carbocycles. The fraction of sp³-hybridized carbons (Fsp3) is 0.500. The number of alkyl carbamates (subject to hydrolysis) is 1. The number of hydrogen-bond acceptors (Lipinski definition) is 5. The normalized spacial score (nSPS) is 15.6. The van der Waals surface area contributed by atoms with Gasteiger partial charge in [0.2, 0.25) is 0 Å². The van der Waals surface area contributed by atoms with Gasteiger partial charge in [-0.15, -0.1) is 0 Å². The summed E-state index contributed by atoms with van der Waals surface area (Å²) in [4.78, 5) is 31.4. The maximum atomic E-state index is 13.4. The molecule has 2 heterocycles. The lowest BCUT2D eigenvalue weighted by Gasteiger charge is -2.38. The van der Waals surface area contributed by atoms with E-state index in [1.165, 1.54) is 18.3 Å². The van der Waals surface area contributed by atoms with Crippen LogP contribution in [0.25, 0.3) is 11.3 Å². The van der Waals surface area contributed by atoms with Crippen molar-refractivity contribution in [3.63, 3.8) is 0 Å². The van der Waals surface area contributed by atoms with Crippen LogP contribution in [-0.2, 0) is 4.74 Å². The molecule has 0 saturated carbocycles. The quantitative estimate of drug-likeness (QED) is 0.654. The van der Waals surface area contributed by atoms with Gasteiger partial charge in [0.1, 0.15) is 11.4 Å². The molecule has 1 aromatic heterocycles. The molecule has 0 spiro atoms. The highest BCUT2D eigenvalue weighted by atomic mass is 19.1. The summed E-state index contributed by atoms with van der Waals surface area (Å²) in [6.07, 6.45) is 2.75. The maximum Gasteiger partial charge on any atom is 0.408 e. The number of likely N-dealkylation sites (tertiary alicyclic amines) is 1. The molecule has 0 bridgehead atoms. The van der Waals surface area contributed by atoms with Crippen LogP contribution >= 0.6 is 0 Å². The zero-order valence-electron chi connectivity index (χ0n) is 20.7. The van der Waals surface area contributed by atoms with Crippen molar-refractivity contribution < 1.29 is 18.7 Å². The molecule has 1 saturated heterocycles. The first kappa shape index (κ1) is 25.6. The highest BCUT2D eigenvalue weighted by Gasteiger charge is 2.29. The lowest BCUT2D eigenvalue weighted by atomic mass is 10.00. The standard InChI is InChI=1S/C26H35FN4O3/c1-25(2,3)34-24(33)30-26(4,5)17-31-13-11-21(12-14-31)29-23(32)19-9-10-22(28-16-19)18-7-6-8-20(27)15-18/h6-10,15-16,21H,11-14,17H2,1-5H3,(H,29,32)(H,30,33). The van der Waals surface area contributed by atoms with Crippen molar-refractivity contribution in [3.8, 4) is 11.3 Å². The maximum absolute atomic E-state index is 13.4. The van der Waals surface area contributed by atoms with Crippen molar-refractivity contribution in [1.29, 1.82) is 0 Å². The van der Waals surface area contributed by atoms with Crippen molar-refractivity contribution in [1.82, 2.24) is 20.5 Å². The minimum Gasteiger partial charge on any atom is -0.444 e. The summed E-state index contributed by atoms with van der Waals surface area (Å²) < 4.78 is 18.8. The highest BCUT2D eigenvalue weighted by Crippen LogP contribution is 2.19. The number of piperidine rings is 1. The Hall–Kier alpha value is -3.00. The smallest absolute Gasteiger partial charge is 0.408 e. The SMILES string of the molecule is CC(C)(CN1CCC(NC(=O)c2ccc(-c3cccc(F)c3)nc2)CC1)NC(=O)OC(C)(C)C. The first-order valence-electron chi connectivity index (χ1n) is 11.7. The van der Waals surface area contributed by atoms with Gasteiger partial charge in [-0.1, -0.05) is 12.1 Å². The van der Waals surface area contributed by atoms with Gasteiger partial charge >= 0.3 is 6.09 Å². The van der Waals surface area contributed by atoms with Crippen molar-refractivity contribution in [2.24, 2.45) is 0 Å². The Labute approximate surface area is 201 Å². The van der Waals surface area contributed by atoms with E-state index in [-0.39, 0.29) is 17.8 Å². The topological polar surface area (TPSA) is 83.6 Å². The summed E-state index contributed by atoms with van der Waals surface area (Å²) in [6.45, 7) is 11.8. The number of nitrogens with zero attached hydrogens (tertiary/aromatic N) is 2. The van der Waals surface area contributed by atoms with Crippen LogP contribution in [-0.4, -0.2) is 58.7 Å². The minimum absolute atomic E-state index is 0.0774. The predicted octanol–water partition coefficient (Wildman–Crippen LogP) is 4.39. The van der Waals surface area contributed by atoms with E-state index in [1.54, 1.807) is 24.3 Å². The molecule has 2 amide bonds. The fourth-order valence-corrected chi connectivity index (χ4v) is 4.03. The van der Waals surface area contributed by atoms with Gasteiger partial charge in [0, 0.05) is 37.4 Å². The largest absolute Gasteiger partial charge is 0.444 e. The Balaban J connectivity index is 1.46. The number of hydrogen-bond donors (Lipinski definition) is 2. The third-order valence-electron chi connectivity index (χ3n) is 5.53. The molecule has 0 unspecified atom stereocenters. The number of halogens is 1. The van der Waals surface area contributed by atoms with Crippen LogP contribution in [0.15, 0.2) is 42.6 Å². The second-order valence-electron chi connectivity index (χ2n) is 10.5. The molecule has 34 heavy (non-hydrogen) atoms. The number of aromatic nitrogens is 1. The van der Waals surface area contributed by atoms with Crippen LogP contribution in [0.5, 0.6) is 0 Å². The molecular weight excluding hydrogens is 435 g/mol. The highest BCUT2D eigenvalue weighted by molar-refractivity contribution is 5.94. The third-order valence-corrected chi connectivity index (χ3v) is 5.53. The molecule has 0 atom stereocenters. The second-order valence-corrected chi connectivity index (χ2v) is 10.5. The van der Waals surface area contributed by atoms with Gasteiger partial charge in [0.15, 0.2) is 0 Å². The van der Waals surface area contributed by atoms with Crippen molar-refractivity contribution in [2.75, 3.05) is 19.6 Å². The summed E-state index contributed by atoms with van der Waals surface area (Å²) in [5.74, 6) is -0.486. The first-order chi connectivity index (χ1) is 15.9. The molecule has 2 aromatic rings. The Kier molecular flexibility index (Phi) is 7.92. The van der Waals surface area contributed by atoms with Crippen LogP contribution in [0.2, 0.25) is 0 Å². The van der Waals surface area contributed by atoms with E-state index in [0.29, 0.717) is 23.4 Å². The van der Waals surface area contributed by atoms with E-state index >= 15 is 0 Å². The number of nitrogens with one attached hydrogen (secondary N) is 2. The molecule has 2 N–H and O–H groups in total. The molecular formula is C26H35FN4O3. The molecule has 1 aliphatic rings. The molecule has 1 fully saturated rings. The van der Waals surface area contributed by atoms with Crippen LogP contribution in [0.1, 0.15) is 57.8 Å². The number of ether oxygens (including phenoxy) is 1. The average molecular weight is 471 g/mol. The van der Waals surface area contributed by atoms with Crippen LogP contribution < -0.4 is 10.6 Å². The number of benzene rings is 1. The lowest BCUT2D eigenvalue weighted by molar-refractivity contribution is 0.0437. The summed E-state index contributed by atoms with van der Waals surface area (Å²) in [6, 6.07) is 9.73. The van der Waals surface area contributed by atoms with E-state index < -0.39 is 17.2 Å². The number of carbonyl (C=O) groups excluding carboxylic acids is 2. The number of amides is 2. The van der Waals surface area contributed by atoms with Gasteiger partial charge in [-0.25, -0.2) is 9.18 Å².